The van der Waals surface area contributed by atoms with Gasteiger partial charge < -0.3 is 14.7 Å². The van der Waals surface area contributed by atoms with Gasteiger partial charge in [-0.3, -0.25) is 4.79 Å². The summed E-state index contributed by atoms with van der Waals surface area (Å²) in [5.74, 6) is 0.359. The number of nitriles is 1. The number of hydrogen-bond donors (Lipinski definition) is 1. The molecule has 1 aromatic rings. The average Bonchev–Trinajstić information content (AvgIpc) is 2.93. The number of carbonyl (C=O) groups is 1. The normalized spacial score (nSPS) is 16.7. The zero-order valence-electron chi connectivity index (χ0n) is 14.0. The smallest absolute Gasteiger partial charge is 0.266 e. The van der Waals surface area contributed by atoms with Crippen molar-refractivity contribution < 1.29 is 14.6 Å². The van der Waals surface area contributed by atoms with Gasteiger partial charge in [-0.25, -0.2) is 0 Å². The molecule has 1 saturated carbocycles. The van der Waals surface area contributed by atoms with Crippen LogP contribution in [0.3, 0.4) is 0 Å². The summed E-state index contributed by atoms with van der Waals surface area (Å²) in [5.41, 5.74) is -1.27. The highest BCUT2D eigenvalue weighted by Gasteiger charge is 2.38. The van der Waals surface area contributed by atoms with Crippen LogP contribution in [0.15, 0.2) is 24.3 Å². The Labute approximate surface area is 137 Å². The molecule has 5 nitrogen and oxygen atoms in total. The van der Waals surface area contributed by atoms with Crippen molar-refractivity contribution in [3.63, 3.8) is 0 Å². The van der Waals surface area contributed by atoms with E-state index in [-0.39, 0.29) is 5.91 Å². The van der Waals surface area contributed by atoms with E-state index in [9.17, 15) is 9.90 Å². The maximum atomic E-state index is 12.7. The Morgan fingerprint density at radius 3 is 2.43 bits per heavy atom. The molecule has 1 aliphatic carbocycles. The molecule has 23 heavy (non-hydrogen) atoms. The molecule has 1 fully saturated rings. The number of ether oxygens (including phenoxy) is 1. The Bertz CT molecular complexity index is 596. The number of nitrogens with zero attached hydrogens (tertiary/aromatic N) is 2. The zero-order chi connectivity index (χ0) is 17.1. The van der Waals surface area contributed by atoms with Gasteiger partial charge >= 0.3 is 0 Å². The second-order valence-electron chi connectivity index (χ2n) is 6.84. The third-order valence-corrected chi connectivity index (χ3v) is 4.28. The van der Waals surface area contributed by atoms with E-state index >= 15 is 0 Å². The Kier molecular flexibility index (Phi) is 4.96. The van der Waals surface area contributed by atoms with Crippen molar-refractivity contribution in [2.45, 2.75) is 50.7 Å². The maximum absolute atomic E-state index is 12.7. The second-order valence-corrected chi connectivity index (χ2v) is 6.84. The van der Waals surface area contributed by atoms with Crippen LogP contribution in [0.2, 0.25) is 0 Å². The van der Waals surface area contributed by atoms with E-state index in [0.717, 1.165) is 25.7 Å². The van der Waals surface area contributed by atoms with Crippen LogP contribution < -0.4 is 4.74 Å². The highest BCUT2D eigenvalue weighted by molar-refractivity contribution is 5.84. The fourth-order valence-corrected chi connectivity index (χ4v) is 3.10. The molecule has 1 N–H and O–H groups in total. The Morgan fingerprint density at radius 1 is 1.35 bits per heavy atom. The molecule has 2 rings (SSSR count). The zero-order valence-corrected chi connectivity index (χ0v) is 14.0. The molecule has 0 radical (unpaired) electrons. The minimum atomic E-state index is -1.04. The van der Waals surface area contributed by atoms with E-state index in [0.29, 0.717) is 17.9 Å². The van der Waals surface area contributed by atoms with Crippen LogP contribution in [0.5, 0.6) is 5.75 Å². The van der Waals surface area contributed by atoms with E-state index in [1.165, 1.54) is 0 Å². The van der Waals surface area contributed by atoms with Gasteiger partial charge in [0.05, 0.1) is 17.2 Å². The molecular weight excluding hydrogens is 292 g/mol. The summed E-state index contributed by atoms with van der Waals surface area (Å²) in [5, 5.41) is 19.3. The second kappa shape index (κ2) is 6.59. The molecule has 0 heterocycles. The largest absolute Gasteiger partial charge is 0.478 e. The van der Waals surface area contributed by atoms with Crippen LogP contribution in [0.1, 0.15) is 45.1 Å². The number of benzene rings is 1. The molecule has 0 aliphatic heterocycles. The summed E-state index contributed by atoms with van der Waals surface area (Å²) >= 11 is 0. The first-order valence-electron chi connectivity index (χ1n) is 7.93. The third kappa shape index (κ3) is 4.23. The van der Waals surface area contributed by atoms with Crippen LogP contribution in [-0.2, 0) is 4.79 Å². The number of aliphatic hydroxyl groups is 1. The van der Waals surface area contributed by atoms with Gasteiger partial charge in [0.1, 0.15) is 5.75 Å². The molecule has 0 atom stereocenters. The minimum Gasteiger partial charge on any atom is -0.478 e. The van der Waals surface area contributed by atoms with Crippen LogP contribution in [0, 0.1) is 11.3 Å². The molecule has 0 unspecified atom stereocenters. The lowest BCUT2D eigenvalue weighted by Gasteiger charge is -2.34. The van der Waals surface area contributed by atoms with E-state index in [2.05, 4.69) is 0 Å². The third-order valence-electron chi connectivity index (χ3n) is 4.28. The van der Waals surface area contributed by atoms with Gasteiger partial charge in [0.2, 0.25) is 0 Å². The lowest BCUT2D eigenvalue weighted by molar-refractivity contribution is -0.147. The van der Waals surface area contributed by atoms with Gasteiger partial charge in [0, 0.05) is 13.6 Å². The van der Waals surface area contributed by atoms with Gasteiger partial charge in [-0.2, -0.15) is 5.26 Å². The summed E-state index contributed by atoms with van der Waals surface area (Å²) in [4.78, 5) is 14.2. The van der Waals surface area contributed by atoms with Crippen molar-refractivity contribution in [2.75, 3.05) is 13.6 Å². The van der Waals surface area contributed by atoms with Crippen molar-refractivity contribution >= 4 is 5.91 Å². The van der Waals surface area contributed by atoms with Gasteiger partial charge in [0.25, 0.3) is 5.91 Å². The molecule has 1 amide bonds. The topological polar surface area (TPSA) is 73.6 Å². The predicted molar refractivity (Wildman–Crippen MR) is 86.9 cm³/mol. The van der Waals surface area contributed by atoms with Crippen LogP contribution in [-0.4, -0.2) is 40.7 Å². The summed E-state index contributed by atoms with van der Waals surface area (Å²) in [6, 6.07) is 8.71. The maximum Gasteiger partial charge on any atom is 0.266 e. The lowest BCUT2D eigenvalue weighted by Crippen LogP contribution is -2.51. The highest BCUT2D eigenvalue weighted by Crippen LogP contribution is 2.30. The van der Waals surface area contributed by atoms with Crippen molar-refractivity contribution in [3.8, 4) is 11.8 Å². The monoisotopic (exact) mass is 316 g/mol. The first kappa shape index (κ1) is 17.3. The SMILES string of the molecule is CN(CC1(O)CCCC1)C(=O)C(C)(C)Oc1ccc(C#N)cc1. The molecule has 0 saturated heterocycles. The van der Waals surface area contributed by atoms with Gasteiger partial charge in [-0.1, -0.05) is 12.8 Å². The van der Waals surface area contributed by atoms with E-state index < -0.39 is 11.2 Å². The van der Waals surface area contributed by atoms with Crippen molar-refractivity contribution in [2.24, 2.45) is 0 Å². The summed E-state index contributed by atoms with van der Waals surface area (Å²) in [7, 11) is 1.70. The predicted octanol–water partition coefficient (Wildman–Crippen LogP) is 2.48. The first-order chi connectivity index (χ1) is 10.8. The van der Waals surface area contributed by atoms with Crippen LogP contribution in [0.4, 0.5) is 0 Å². The number of rotatable bonds is 5. The molecule has 1 aromatic carbocycles. The molecule has 1 aliphatic rings. The van der Waals surface area contributed by atoms with Gasteiger partial charge in [-0.15, -0.1) is 0 Å². The average molecular weight is 316 g/mol. The van der Waals surface area contributed by atoms with Crippen molar-refractivity contribution in [1.82, 2.24) is 4.90 Å². The van der Waals surface area contributed by atoms with Crippen molar-refractivity contribution in [3.05, 3.63) is 29.8 Å². The van der Waals surface area contributed by atoms with E-state index in [1.807, 2.05) is 6.07 Å². The summed E-state index contributed by atoms with van der Waals surface area (Å²) < 4.78 is 5.80. The van der Waals surface area contributed by atoms with E-state index in [4.69, 9.17) is 10.00 Å². The first-order valence-corrected chi connectivity index (χ1v) is 7.93. The highest BCUT2D eigenvalue weighted by atomic mass is 16.5. The summed E-state index contributed by atoms with van der Waals surface area (Å²) in [6.07, 6.45) is 3.48. The summed E-state index contributed by atoms with van der Waals surface area (Å²) in [6.45, 7) is 3.75. The molecule has 0 bridgehead atoms. The number of amides is 1. The molecule has 5 heteroatoms. The van der Waals surface area contributed by atoms with Crippen molar-refractivity contribution in [1.29, 1.82) is 5.26 Å². The standard InChI is InChI=1S/C18H24N2O3/c1-17(2,23-15-8-6-14(12-19)7-9-15)16(21)20(3)13-18(22)10-4-5-11-18/h6-9,22H,4-5,10-11,13H2,1-3H3. The fourth-order valence-electron chi connectivity index (χ4n) is 3.10. The number of hydrogen-bond acceptors (Lipinski definition) is 4. The molecule has 124 valence electrons. The van der Waals surface area contributed by atoms with Gasteiger partial charge in [-0.05, 0) is 51.0 Å². The molecule has 0 aromatic heterocycles. The fraction of sp³-hybridized carbons (Fsp3) is 0.556. The van der Waals surface area contributed by atoms with Crippen LogP contribution in [0.25, 0.3) is 0 Å². The number of carbonyl (C=O) groups excluding carboxylic acids is 1. The quantitative estimate of drug-likeness (QED) is 0.905. The van der Waals surface area contributed by atoms with Gasteiger partial charge in [0.15, 0.2) is 5.60 Å². The Hall–Kier alpha value is -2.06. The molecular formula is C18H24N2O3. The number of likely N-dealkylation sites (N-methyl/N-ethyl adjacent to an activating group) is 1. The molecule has 0 spiro atoms. The Morgan fingerprint density at radius 2 is 1.91 bits per heavy atom. The lowest BCUT2D eigenvalue weighted by atomic mass is 10.0. The van der Waals surface area contributed by atoms with Crippen LogP contribution >= 0.6 is 0 Å². The minimum absolute atomic E-state index is 0.179. The Balaban J connectivity index is 2.02. The van der Waals surface area contributed by atoms with E-state index in [1.54, 1.807) is 50.1 Å².